The Morgan fingerprint density at radius 3 is 2.84 bits per heavy atom. The number of nitrogens with one attached hydrogen (secondary N) is 1. The molecule has 0 aliphatic heterocycles. The van der Waals surface area contributed by atoms with Crippen molar-refractivity contribution in [2.75, 3.05) is 11.9 Å². The van der Waals surface area contributed by atoms with Crippen LogP contribution in [0.4, 0.5) is 5.13 Å². The van der Waals surface area contributed by atoms with Gasteiger partial charge >= 0.3 is 0 Å². The molecule has 0 aromatic carbocycles. The molecule has 0 bridgehead atoms. The van der Waals surface area contributed by atoms with Crippen molar-refractivity contribution in [3.05, 3.63) is 11.1 Å². The Kier molecular flexibility index (Phi) is 4.08. The van der Waals surface area contributed by atoms with E-state index in [1.807, 2.05) is 11.3 Å². The summed E-state index contributed by atoms with van der Waals surface area (Å²) in [6.45, 7) is 3.39. The van der Waals surface area contributed by atoms with Crippen molar-refractivity contribution in [2.24, 2.45) is 5.92 Å². The van der Waals surface area contributed by atoms with E-state index >= 15 is 0 Å². The Bertz CT molecular complexity index is 413. The van der Waals surface area contributed by atoms with Crippen molar-refractivity contribution < 1.29 is 0 Å². The maximum atomic E-state index is 4.63. The topological polar surface area (TPSA) is 28.2 Å². The first-order valence-corrected chi connectivity index (χ1v) is 8.46. The number of hydrogen-bond donors (Lipinski definition) is 1. The summed E-state index contributed by atoms with van der Waals surface area (Å²) in [5.74, 6) is 0.802. The van der Waals surface area contributed by atoms with Crippen LogP contribution in [0.1, 0.15) is 50.3 Å². The van der Waals surface area contributed by atoms with E-state index in [-0.39, 0.29) is 0 Å². The minimum Gasteiger partial charge on any atom is -0.348 e. The van der Waals surface area contributed by atoms with E-state index in [0.29, 0.717) is 6.04 Å². The van der Waals surface area contributed by atoms with Crippen molar-refractivity contribution >= 4 is 16.5 Å². The fourth-order valence-corrected chi connectivity index (χ4v) is 3.97. The first-order valence-electron chi connectivity index (χ1n) is 7.65. The number of aromatic nitrogens is 1. The largest absolute Gasteiger partial charge is 0.348 e. The summed E-state index contributed by atoms with van der Waals surface area (Å²) in [5, 5.41) is 4.77. The van der Waals surface area contributed by atoms with Crippen molar-refractivity contribution in [1.82, 2.24) is 10.3 Å². The van der Waals surface area contributed by atoms with Gasteiger partial charge in [-0.1, -0.05) is 19.8 Å². The first-order chi connectivity index (χ1) is 9.24. The summed E-state index contributed by atoms with van der Waals surface area (Å²) in [6, 6.07) is 1.46. The van der Waals surface area contributed by atoms with Gasteiger partial charge < -0.3 is 10.2 Å². The first kappa shape index (κ1) is 13.4. The molecule has 2 aliphatic rings. The predicted octanol–water partition coefficient (Wildman–Crippen LogP) is 3.41. The Labute approximate surface area is 120 Å². The van der Waals surface area contributed by atoms with Crippen LogP contribution in [0.5, 0.6) is 0 Å². The third kappa shape index (κ3) is 3.29. The molecule has 1 aromatic heterocycles. The Morgan fingerprint density at radius 2 is 2.11 bits per heavy atom. The molecule has 0 saturated heterocycles. The molecule has 3 nitrogen and oxygen atoms in total. The lowest BCUT2D eigenvalue weighted by Crippen LogP contribution is -2.38. The molecule has 19 heavy (non-hydrogen) atoms. The van der Waals surface area contributed by atoms with Crippen LogP contribution in [0.3, 0.4) is 0 Å². The van der Waals surface area contributed by atoms with Crippen LogP contribution in [0.25, 0.3) is 0 Å². The Balaban J connectivity index is 1.60. The second-order valence-electron chi connectivity index (χ2n) is 6.20. The zero-order valence-electron chi connectivity index (χ0n) is 12.1. The fraction of sp³-hybridized carbons (Fsp3) is 0.800. The Hall–Kier alpha value is -0.610. The normalized spacial score (nSPS) is 27.5. The van der Waals surface area contributed by atoms with E-state index < -0.39 is 0 Å². The van der Waals surface area contributed by atoms with Gasteiger partial charge in [-0.3, -0.25) is 0 Å². The molecule has 0 radical (unpaired) electrons. The molecule has 1 aromatic rings. The third-order valence-electron chi connectivity index (χ3n) is 4.55. The molecule has 3 rings (SSSR count). The zero-order chi connectivity index (χ0) is 13.2. The highest BCUT2D eigenvalue weighted by molar-refractivity contribution is 7.15. The second-order valence-corrected chi connectivity index (χ2v) is 7.30. The summed E-state index contributed by atoms with van der Waals surface area (Å²) in [5.41, 5.74) is 0. The van der Waals surface area contributed by atoms with Crippen molar-refractivity contribution in [3.8, 4) is 0 Å². The molecule has 1 N–H and O–H groups in total. The van der Waals surface area contributed by atoms with Crippen LogP contribution in [-0.2, 0) is 6.54 Å². The van der Waals surface area contributed by atoms with Gasteiger partial charge in [0, 0.05) is 36.8 Å². The maximum absolute atomic E-state index is 4.63. The molecule has 2 unspecified atom stereocenters. The molecule has 2 saturated carbocycles. The van der Waals surface area contributed by atoms with Crippen LogP contribution in [0.15, 0.2) is 6.20 Å². The smallest absolute Gasteiger partial charge is 0.185 e. The molecular weight excluding hydrogens is 254 g/mol. The lowest BCUT2D eigenvalue weighted by molar-refractivity contribution is 0.321. The van der Waals surface area contributed by atoms with Gasteiger partial charge in [-0.15, -0.1) is 11.3 Å². The van der Waals surface area contributed by atoms with Gasteiger partial charge in [-0.2, -0.15) is 0 Å². The van der Waals surface area contributed by atoms with Crippen molar-refractivity contribution in [2.45, 2.75) is 64.1 Å². The highest BCUT2D eigenvalue weighted by Gasteiger charge is 2.26. The number of anilines is 1. The van der Waals surface area contributed by atoms with Crippen LogP contribution in [0.2, 0.25) is 0 Å². The van der Waals surface area contributed by atoms with Gasteiger partial charge in [0.1, 0.15) is 0 Å². The van der Waals surface area contributed by atoms with E-state index in [2.05, 4.69) is 35.4 Å². The molecule has 0 amide bonds. The molecule has 2 aliphatic carbocycles. The molecule has 106 valence electrons. The van der Waals surface area contributed by atoms with E-state index in [0.717, 1.165) is 18.5 Å². The number of thiazole rings is 1. The lowest BCUT2D eigenvalue weighted by atomic mass is 9.85. The lowest BCUT2D eigenvalue weighted by Gasteiger charge is -2.36. The standard InChI is InChI=1S/C15H25N3S/c1-11-5-3-4-6-14(11)18(2)15-17-10-13(19-15)9-16-12-7-8-12/h10-12,14,16H,3-9H2,1-2H3. The van der Waals surface area contributed by atoms with Gasteiger partial charge in [-0.25, -0.2) is 4.98 Å². The van der Waals surface area contributed by atoms with Gasteiger partial charge in [-0.05, 0) is 31.6 Å². The summed E-state index contributed by atoms with van der Waals surface area (Å²) in [6.07, 6.45) is 10.2. The minimum atomic E-state index is 0.684. The minimum absolute atomic E-state index is 0.684. The van der Waals surface area contributed by atoms with Gasteiger partial charge in [0.15, 0.2) is 5.13 Å². The molecular formula is C15H25N3S. The van der Waals surface area contributed by atoms with E-state index in [1.165, 1.54) is 48.5 Å². The average molecular weight is 279 g/mol. The molecule has 0 spiro atoms. The fourth-order valence-electron chi connectivity index (χ4n) is 3.09. The number of hydrogen-bond acceptors (Lipinski definition) is 4. The number of nitrogens with zero attached hydrogens (tertiary/aromatic N) is 2. The highest BCUT2D eigenvalue weighted by Crippen LogP contribution is 2.32. The monoisotopic (exact) mass is 279 g/mol. The third-order valence-corrected chi connectivity index (χ3v) is 5.64. The Morgan fingerprint density at radius 1 is 1.32 bits per heavy atom. The zero-order valence-corrected chi connectivity index (χ0v) is 12.9. The van der Waals surface area contributed by atoms with Crippen LogP contribution in [0, 0.1) is 5.92 Å². The number of rotatable bonds is 5. The SMILES string of the molecule is CC1CCCCC1N(C)c1ncc(CNC2CC2)s1. The van der Waals surface area contributed by atoms with Gasteiger partial charge in [0.2, 0.25) is 0 Å². The second kappa shape index (κ2) is 5.80. The summed E-state index contributed by atoms with van der Waals surface area (Å²) in [4.78, 5) is 8.43. The predicted molar refractivity (Wildman–Crippen MR) is 81.8 cm³/mol. The van der Waals surface area contributed by atoms with E-state index in [1.54, 1.807) is 0 Å². The van der Waals surface area contributed by atoms with Gasteiger partial charge in [0.05, 0.1) is 0 Å². The maximum Gasteiger partial charge on any atom is 0.185 e. The molecule has 1 heterocycles. The van der Waals surface area contributed by atoms with Crippen LogP contribution < -0.4 is 10.2 Å². The highest BCUT2D eigenvalue weighted by atomic mass is 32.1. The van der Waals surface area contributed by atoms with Gasteiger partial charge in [0.25, 0.3) is 0 Å². The van der Waals surface area contributed by atoms with Crippen LogP contribution in [-0.4, -0.2) is 24.1 Å². The van der Waals surface area contributed by atoms with Crippen molar-refractivity contribution in [1.29, 1.82) is 0 Å². The summed E-state index contributed by atoms with van der Waals surface area (Å²) >= 11 is 1.86. The van der Waals surface area contributed by atoms with E-state index in [4.69, 9.17) is 0 Å². The molecule has 2 atom stereocenters. The summed E-state index contributed by atoms with van der Waals surface area (Å²) < 4.78 is 0. The summed E-state index contributed by atoms with van der Waals surface area (Å²) in [7, 11) is 2.23. The van der Waals surface area contributed by atoms with E-state index in [9.17, 15) is 0 Å². The quantitative estimate of drug-likeness (QED) is 0.895. The molecule has 4 heteroatoms. The van der Waals surface area contributed by atoms with Crippen LogP contribution >= 0.6 is 11.3 Å². The van der Waals surface area contributed by atoms with Crippen molar-refractivity contribution in [3.63, 3.8) is 0 Å². The average Bonchev–Trinajstić information content (AvgIpc) is 3.13. The molecule has 2 fully saturated rings.